The van der Waals surface area contributed by atoms with Crippen LogP contribution in [-0.4, -0.2) is 22.9 Å². The van der Waals surface area contributed by atoms with Crippen molar-refractivity contribution in [3.63, 3.8) is 0 Å². The lowest BCUT2D eigenvalue weighted by Crippen LogP contribution is -2.34. The lowest BCUT2D eigenvalue weighted by molar-refractivity contribution is 0.00804. The summed E-state index contributed by atoms with van der Waals surface area (Å²) in [7, 11) is 0. The first-order valence-corrected chi connectivity index (χ1v) is 4.94. The third-order valence-electron chi connectivity index (χ3n) is 3.15. The first-order valence-electron chi connectivity index (χ1n) is 4.94. The molecule has 72 valence electrons. The SMILES string of the molecule is C[C@@H]1CC[C@H]([C@H](C)CO)[C@@H](O)C1. The summed E-state index contributed by atoms with van der Waals surface area (Å²) in [6, 6.07) is 0. The monoisotopic (exact) mass is 172 g/mol. The zero-order valence-electron chi connectivity index (χ0n) is 8.03. The van der Waals surface area contributed by atoms with E-state index in [9.17, 15) is 5.11 Å². The van der Waals surface area contributed by atoms with E-state index in [1.54, 1.807) is 0 Å². The van der Waals surface area contributed by atoms with Gasteiger partial charge in [0.05, 0.1) is 6.10 Å². The Morgan fingerprint density at radius 1 is 1.42 bits per heavy atom. The number of hydrogen-bond donors (Lipinski definition) is 2. The Hall–Kier alpha value is -0.0800. The van der Waals surface area contributed by atoms with Crippen molar-refractivity contribution >= 4 is 0 Å². The van der Waals surface area contributed by atoms with E-state index in [-0.39, 0.29) is 18.6 Å². The topological polar surface area (TPSA) is 40.5 Å². The van der Waals surface area contributed by atoms with Crippen LogP contribution in [0.1, 0.15) is 33.1 Å². The van der Waals surface area contributed by atoms with Gasteiger partial charge in [0, 0.05) is 6.61 Å². The fraction of sp³-hybridized carbons (Fsp3) is 1.00. The summed E-state index contributed by atoms with van der Waals surface area (Å²) >= 11 is 0. The van der Waals surface area contributed by atoms with Gasteiger partial charge in [0.2, 0.25) is 0 Å². The largest absolute Gasteiger partial charge is 0.396 e. The van der Waals surface area contributed by atoms with Gasteiger partial charge < -0.3 is 10.2 Å². The minimum Gasteiger partial charge on any atom is -0.396 e. The molecular weight excluding hydrogens is 152 g/mol. The molecule has 0 unspecified atom stereocenters. The molecule has 1 aliphatic rings. The summed E-state index contributed by atoms with van der Waals surface area (Å²) in [6.07, 6.45) is 3.00. The predicted octanol–water partition coefficient (Wildman–Crippen LogP) is 1.41. The molecule has 2 nitrogen and oxygen atoms in total. The van der Waals surface area contributed by atoms with E-state index in [0.29, 0.717) is 11.8 Å². The van der Waals surface area contributed by atoms with Crippen LogP contribution in [0.4, 0.5) is 0 Å². The fourth-order valence-electron chi connectivity index (χ4n) is 2.17. The maximum absolute atomic E-state index is 9.73. The van der Waals surface area contributed by atoms with Crippen LogP contribution >= 0.6 is 0 Å². The van der Waals surface area contributed by atoms with Crippen LogP contribution < -0.4 is 0 Å². The smallest absolute Gasteiger partial charge is 0.0574 e. The molecule has 2 N–H and O–H groups in total. The second-order valence-electron chi connectivity index (χ2n) is 4.31. The van der Waals surface area contributed by atoms with E-state index in [1.165, 1.54) is 6.42 Å². The maximum Gasteiger partial charge on any atom is 0.0574 e. The van der Waals surface area contributed by atoms with Crippen molar-refractivity contribution < 1.29 is 10.2 Å². The molecule has 0 amide bonds. The Morgan fingerprint density at radius 2 is 2.08 bits per heavy atom. The average molecular weight is 172 g/mol. The molecule has 1 rings (SSSR count). The number of rotatable bonds is 2. The highest BCUT2D eigenvalue weighted by Crippen LogP contribution is 2.33. The van der Waals surface area contributed by atoms with E-state index >= 15 is 0 Å². The van der Waals surface area contributed by atoms with Crippen LogP contribution in [0.25, 0.3) is 0 Å². The highest BCUT2D eigenvalue weighted by atomic mass is 16.3. The summed E-state index contributed by atoms with van der Waals surface area (Å²) < 4.78 is 0. The van der Waals surface area contributed by atoms with Gasteiger partial charge in [-0.2, -0.15) is 0 Å². The molecule has 4 atom stereocenters. The Kier molecular flexibility index (Phi) is 3.53. The van der Waals surface area contributed by atoms with Crippen LogP contribution in [0, 0.1) is 17.8 Å². The lowest BCUT2D eigenvalue weighted by Gasteiger charge is -2.34. The molecule has 0 spiro atoms. The Bertz CT molecular complexity index is 136. The highest BCUT2D eigenvalue weighted by Gasteiger charge is 2.30. The molecule has 0 aromatic carbocycles. The standard InChI is InChI=1S/C10H20O2/c1-7-3-4-9(8(2)6-11)10(12)5-7/h7-12H,3-6H2,1-2H3/t7-,8-,9-,10+/m1/s1. The van der Waals surface area contributed by atoms with Gasteiger partial charge in [-0.1, -0.05) is 20.3 Å². The van der Waals surface area contributed by atoms with Crippen LogP contribution in [0.15, 0.2) is 0 Å². The number of aliphatic hydroxyl groups is 2. The first-order chi connectivity index (χ1) is 5.65. The average Bonchev–Trinajstić information content (AvgIpc) is 2.03. The summed E-state index contributed by atoms with van der Waals surface area (Å²) in [5.41, 5.74) is 0. The van der Waals surface area contributed by atoms with Crippen molar-refractivity contribution in [2.75, 3.05) is 6.61 Å². The predicted molar refractivity (Wildman–Crippen MR) is 48.8 cm³/mol. The van der Waals surface area contributed by atoms with Crippen LogP contribution in [0.2, 0.25) is 0 Å². The van der Waals surface area contributed by atoms with Gasteiger partial charge in [-0.3, -0.25) is 0 Å². The van der Waals surface area contributed by atoms with Crippen LogP contribution in [0.3, 0.4) is 0 Å². The minimum absolute atomic E-state index is 0.184. The molecule has 0 aromatic rings. The van der Waals surface area contributed by atoms with Crippen molar-refractivity contribution in [3.05, 3.63) is 0 Å². The molecule has 2 heteroatoms. The Balaban J connectivity index is 2.44. The van der Waals surface area contributed by atoms with Crippen molar-refractivity contribution in [2.45, 2.75) is 39.2 Å². The number of aliphatic hydroxyl groups excluding tert-OH is 2. The quantitative estimate of drug-likeness (QED) is 0.661. The van der Waals surface area contributed by atoms with Crippen molar-refractivity contribution in [1.29, 1.82) is 0 Å². The molecule has 0 aromatic heterocycles. The summed E-state index contributed by atoms with van der Waals surface area (Å²) in [4.78, 5) is 0. The van der Waals surface area contributed by atoms with Crippen molar-refractivity contribution in [1.82, 2.24) is 0 Å². The first kappa shape index (κ1) is 10.0. The van der Waals surface area contributed by atoms with E-state index in [4.69, 9.17) is 5.11 Å². The highest BCUT2D eigenvalue weighted by molar-refractivity contribution is 4.80. The minimum atomic E-state index is -0.184. The van der Waals surface area contributed by atoms with E-state index < -0.39 is 0 Å². The summed E-state index contributed by atoms with van der Waals surface area (Å²) in [5, 5.41) is 18.7. The fourth-order valence-corrected chi connectivity index (χ4v) is 2.17. The molecule has 12 heavy (non-hydrogen) atoms. The second-order valence-corrected chi connectivity index (χ2v) is 4.31. The van der Waals surface area contributed by atoms with E-state index in [1.807, 2.05) is 6.92 Å². The molecule has 0 radical (unpaired) electrons. The van der Waals surface area contributed by atoms with Gasteiger partial charge in [-0.05, 0) is 30.6 Å². The van der Waals surface area contributed by atoms with E-state index in [0.717, 1.165) is 12.8 Å². The third-order valence-corrected chi connectivity index (χ3v) is 3.15. The third kappa shape index (κ3) is 2.20. The lowest BCUT2D eigenvalue weighted by atomic mass is 9.75. The number of hydrogen-bond acceptors (Lipinski definition) is 2. The Morgan fingerprint density at radius 3 is 2.58 bits per heavy atom. The molecule has 0 saturated heterocycles. The molecule has 0 bridgehead atoms. The molecule has 1 saturated carbocycles. The zero-order valence-corrected chi connectivity index (χ0v) is 8.03. The molecular formula is C10H20O2. The van der Waals surface area contributed by atoms with Gasteiger partial charge in [0.1, 0.15) is 0 Å². The van der Waals surface area contributed by atoms with E-state index in [2.05, 4.69) is 6.92 Å². The second kappa shape index (κ2) is 4.24. The van der Waals surface area contributed by atoms with Gasteiger partial charge in [0.15, 0.2) is 0 Å². The van der Waals surface area contributed by atoms with Gasteiger partial charge >= 0.3 is 0 Å². The zero-order chi connectivity index (χ0) is 9.14. The molecule has 1 aliphatic carbocycles. The normalized spacial score (nSPS) is 39.5. The molecule has 0 aliphatic heterocycles. The molecule has 1 fully saturated rings. The van der Waals surface area contributed by atoms with Crippen molar-refractivity contribution in [3.8, 4) is 0 Å². The summed E-state index contributed by atoms with van der Waals surface area (Å²) in [5.74, 6) is 1.24. The van der Waals surface area contributed by atoms with Gasteiger partial charge in [-0.25, -0.2) is 0 Å². The van der Waals surface area contributed by atoms with Crippen LogP contribution in [-0.2, 0) is 0 Å². The van der Waals surface area contributed by atoms with Gasteiger partial charge in [0.25, 0.3) is 0 Å². The van der Waals surface area contributed by atoms with Crippen LogP contribution in [0.5, 0.6) is 0 Å². The van der Waals surface area contributed by atoms with Crippen molar-refractivity contribution in [2.24, 2.45) is 17.8 Å². The van der Waals surface area contributed by atoms with Gasteiger partial charge in [-0.15, -0.1) is 0 Å². The Labute approximate surface area is 74.6 Å². The maximum atomic E-state index is 9.73. The molecule has 0 heterocycles. The summed E-state index contributed by atoms with van der Waals surface area (Å²) in [6.45, 7) is 4.41.